The molecule has 0 radical (unpaired) electrons. The van der Waals surface area contributed by atoms with Crippen LogP contribution in [0.3, 0.4) is 0 Å². The molecule has 2 N–H and O–H groups in total. The summed E-state index contributed by atoms with van der Waals surface area (Å²) in [5, 5.41) is 16.3. The number of aromatic nitrogens is 2. The minimum atomic E-state index is -4.63. The maximum Gasteiger partial charge on any atom is 0.417 e. The third kappa shape index (κ3) is 7.11. The molecule has 1 aliphatic carbocycles. The molecule has 1 saturated carbocycles. The van der Waals surface area contributed by atoms with E-state index >= 15 is 0 Å². The first-order valence-electron chi connectivity index (χ1n) is 12.9. The SMILES string of the molecule is O=C(O)C[C@H](CCN1CCC(C(F)(F)F)C1)NC(=O)c1cc(-c2ccccc2C(F)(F)F)n(C2CCCC2)n1. The van der Waals surface area contributed by atoms with Crippen LogP contribution in [0.2, 0.25) is 0 Å². The van der Waals surface area contributed by atoms with Gasteiger partial charge in [0, 0.05) is 24.7 Å². The molecule has 2 heterocycles. The molecule has 2 aliphatic rings. The number of halogens is 6. The molecule has 7 nitrogen and oxygen atoms in total. The summed E-state index contributed by atoms with van der Waals surface area (Å²) in [6.07, 6.45) is -6.20. The Balaban J connectivity index is 1.54. The molecule has 4 rings (SSSR count). The fourth-order valence-corrected chi connectivity index (χ4v) is 5.42. The van der Waals surface area contributed by atoms with Gasteiger partial charge in [0.15, 0.2) is 5.69 Å². The van der Waals surface area contributed by atoms with Gasteiger partial charge >= 0.3 is 18.3 Å². The number of nitrogens with zero attached hydrogens (tertiary/aromatic N) is 3. The molecule has 214 valence electrons. The highest BCUT2D eigenvalue weighted by molar-refractivity contribution is 5.94. The Morgan fingerprint density at radius 1 is 1.08 bits per heavy atom. The number of likely N-dealkylation sites (tertiary alicyclic amines) is 1. The van der Waals surface area contributed by atoms with E-state index in [-0.39, 0.29) is 55.5 Å². The molecule has 13 heteroatoms. The van der Waals surface area contributed by atoms with Crippen LogP contribution in [0.15, 0.2) is 30.3 Å². The van der Waals surface area contributed by atoms with Crippen LogP contribution in [0.1, 0.15) is 67.0 Å². The second kappa shape index (κ2) is 11.6. The highest BCUT2D eigenvalue weighted by Gasteiger charge is 2.43. The van der Waals surface area contributed by atoms with Crippen molar-refractivity contribution in [2.45, 2.75) is 69.4 Å². The van der Waals surface area contributed by atoms with Crippen LogP contribution in [0.25, 0.3) is 11.3 Å². The van der Waals surface area contributed by atoms with Crippen LogP contribution in [-0.2, 0) is 11.0 Å². The number of carbonyl (C=O) groups excluding carboxylic acids is 1. The fourth-order valence-electron chi connectivity index (χ4n) is 5.42. The topological polar surface area (TPSA) is 87.5 Å². The summed E-state index contributed by atoms with van der Waals surface area (Å²) in [6.45, 7) is 0.183. The Hall–Kier alpha value is -3.09. The van der Waals surface area contributed by atoms with Crippen LogP contribution in [-0.4, -0.2) is 63.5 Å². The average Bonchev–Trinajstić information content (AvgIpc) is 3.62. The minimum absolute atomic E-state index is 0.0414. The summed E-state index contributed by atoms with van der Waals surface area (Å²) in [5.74, 6) is -3.40. The van der Waals surface area contributed by atoms with Crippen molar-refractivity contribution in [1.29, 1.82) is 0 Å². The van der Waals surface area contributed by atoms with Gasteiger partial charge in [0.05, 0.1) is 29.6 Å². The van der Waals surface area contributed by atoms with Crippen molar-refractivity contribution in [3.05, 3.63) is 41.6 Å². The first-order valence-corrected chi connectivity index (χ1v) is 12.9. The molecular formula is C26H30F6N4O3. The lowest BCUT2D eigenvalue weighted by molar-refractivity contribution is -0.170. The third-order valence-corrected chi connectivity index (χ3v) is 7.43. The standard InChI is InChI=1S/C26H30F6N4O3/c27-25(28,29)16-9-11-35(15-16)12-10-17(13-23(37)38)33-24(39)21-14-22(36(34-21)18-5-1-2-6-18)19-7-3-4-8-20(19)26(30,31)32/h3-4,7-8,14,16-18H,1-2,5-6,9-13,15H2,(H,33,39)(H,37,38)/t16?,17-/m0/s1. The van der Waals surface area contributed by atoms with E-state index in [1.54, 1.807) is 4.90 Å². The molecular weight excluding hydrogens is 530 g/mol. The Morgan fingerprint density at radius 3 is 2.38 bits per heavy atom. The molecule has 1 amide bonds. The zero-order chi connectivity index (χ0) is 28.4. The van der Waals surface area contributed by atoms with Crippen molar-refractivity contribution in [3.8, 4) is 11.3 Å². The lowest BCUT2D eigenvalue weighted by Crippen LogP contribution is -2.39. The van der Waals surface area contributed by atoms with Crippen LogP contribution in [0.4, 0.5) is 26.3 Å². The number of benzene rings is 1. The highest BCUT2D eigenvalue weighted by atomic mass is 19.4. The molecule has 2 fully saturated rings. The van der Waals surface area contributed by atoms with Gasteiger partial charge in [-0.2, -0.15) is 31.4 Å². The van der Waals surface area contributed by atoms with Crippen molar-refractivity contribution in [1.82, 2.24) is 20.0 Å². The van der Waals surface area contributed by atoms with Crippen molar-refractivity contribution >= 4 is 11.9 Å². The monoisotopic (exact) mass is 560 g/mol. The van der Waals surface area contributed by atoms with E-state index < -0.39 is 48.2 Å². The zero-order valence-corrected chi connectivity index (χ0v) is 21.1. The summed E-state index contributed by atoms with van der Waals surface area (Å²) in [7, 11) is 0. The predicted molar refractivity (Wildman–Crippen MR) is 129 cm³/mol. The van der Waals surface area contributed by atoms with Crippen molar-refractivity contribution < 1.29 is 41.0 Å². The smallest absolute Gasteiger partial charge is 0.417 e. The lowest BCUT2D eigenvalue weighted by Gasteiger charge is -2.21. The van der Waals surface area contributed by atoms with Gasteiger partial charge in [-0.25, -0.2) is 0 Å². The summed E-state index contributed by atoms with van der Waals surface area (Å²) < 4.78 is 81.8. The Bertz CT molecular complexity index is 1170. The Labute approximate surface area is 221 Å². The minimum Gasteiger partial charge on any atom is -0.481 e. The van der Waals surface area contributed by atoms with Crippen LogP contribution in [0, 0.1) is 5.92 Å². The molecule has 1 unspecified atom stereocenters. The number of carboxylic acids is 1. The quantitative estimate of drug-likeness (QED) is 0.394. The number of alkyl halides is 6. The molecule has 1 saturated heterocycles. The Kier molecular flexibility index (Phi) is 8.57. The van der Waals surface area contributed by atoms with Gasteiger partial charge in [-0.05, 0) is 44.4 Å². The normalized spacial score (nSPS) is 19.9. The maximum absolute atomic E-state index is 13.8. The van der Waals surface area contributed by atoms with Crippen molar-refractivity contribution in [2.24, 2.45) is 5.92 Å². The van der Waals surface area contributed by atoms with Gasteiger partial charge in [0.1, 0.15) is 0 Å². The van der Waals surface area contributed by atoms with Gasteiger partial charge in [-0.1, -0.05) is 31.0 Å². The number of hydrogen-bond acceptors (Lipinski definition) is 4. The summed E-state index contributed by atoms with van der Waals surface area (Å²) >= 11 is 0. The molecule has 39 heavy (non-hydrogen) atoms. The van der Waals surface area contributed by atoms with Gasteiger partial charge in [-0.15, -0.1) is 0 Å². The van der Waals surface area contributed by atoms with E-state index in [0.717, 1.165) is 18.9 Å². The molecule has 1 aromatic heterocycles. The molecule has 1 aromatic carbocycles. The average molecular weight is 561 g/mol. The first kappa shape index (κ1) is 28.9. The van der Waals surface area contributed by atoms with Gasteiger partial charge in [0.25, 0.3) is 5.91 Å². The molecule has 2 aromatic rings. The predicted octanol–water partition coefficient (Wildman–Crippen LogP) is 5.53. The first-order chi connectivity index (χ1) is 18.3. The van der Waals surface area contributed by atoms with Crippen molar-refractivity contribution in [2.75, 3.05) is 19.6 Å². The van der Waals surface area contributed by atoms with Crippen molar-refractivity contribution in [3.63, 3.8) is 0 Å². The number of rotatable bonds is 9. The molecule has 1 aliphatic heterocycles. The number of carbonyl (C=O) groups is 2. The van der Waals surface area contributed by atoms with Crippen LogP contribution in [0.5, 0.6) is 0 Å². The number of amides is 1. The van der Waals surface area contributed by atoms with Gasteiger partial charge < -0.3 is 15.3 Å². The second-order valence-corrected chi connectivity index (χ2v) is 10.2. The second-order valence-electron chi connectivity index (χ2n) is 10.2. The van der Waals surface area contributed by atoms with Crippen LogP contribution >= 0.6 is 0 Å². The van der Waals surface area contributed by atoms with Crippen LogP contribution < -0.4 is 5.32 Å². The maximum atomic E-state index is 13.8. The van der Waals surface area contributed by atoms with E-state index in [0.29, 0.717) is 12.8 Å². The summed E-state index contributed by atoms with van der Waals surface area (Å²) in [6, 6.07) is 5.24. The molecule has 0 bridgehead atoms. The number of carboxylic acid groups (broad SMARTS) is 1. The fraction of sp³-hybridized carbons (Fsp3) is 0.577. The van der Waals surface area contributed by atoms with E-state index in [1.807, 2.05) is 0 Å². The summed E-state index contributed by atoms with van der Waals surface area (Å²) in [4.78, 5) is 26.1. The van der Waals surface area contributed by atoms with Gasteiger partial charge in [-0.3, -0.25) is 14.3 Å². The summed E-state index contributed by atoms with van der Waals surface area (Å²) in [5.41, 5.74) is -0.978. The largest absolute Gasteiger partial charge is 0.481 e. The Morgan fingerprint density at radius 2 is 1.77 bits per heavy atom. The lowest BCUT2D eigenvalue weighted by atomic mass is 10.0. The highest BCUT2D eigenvalue weighted by Crippen LogP contribution is 2.40. The van der Waals surface area contributed by atoms with E-state index in [9.17, 15) is 41.0 Å². The van der Waals surface area contributed by atoms with E-state index in [4.69, 9.17) is 0 Å². The zero-order valence-electron chi connectivity index (χ0n) is 21.1. The third-order valence-electron chi connectivity index (χ3n) is 7.43. The molecule has 2 atom stereocenters. The molecule has 0 spiro atoms. The van der Waals surface area contributed by atoms with E-state index in [2.05, 4.69) is 10.4 Å². The van der Waals surface area contributed by atoms with Gasteiger partial charge in [0.2, 0.25) is 0 Å². The van der Waals surface area contributed by atoms with E-state index in [1.165, 1.54) is 28.9 Å². The number of aliphatic carboxylic acids is 1. The number of hydrogen-bond donors (Lipinski definition) is 2. The number of nitrogens with one attached hydrogen (secondary N) is 1.